The molecule has 12 rings (SSSR count). The summed E-state index contributed by atoms with van der Waals surface area (Å²) in [5, 5.41) is 17.6. The minimum atomic E-state index is -4.48. The lowest BCUT2D eigenvalue weighted by Crippen LogP contribution is -2.14. The summed E-state index contributed by atoms with van der Waals surface area (Å²) in [5.41, 5.74) is 30.3. The Balaban J connectivity index is 0.000000161. The third-order valence-corrected chi connectivity index (χ3v) is 14.9. The van der Waals surface area contributed by atoms with Gasteiger partial charge in [0.1, 0.15) is 41.9 Å². The third-order valence-electron chi connectivity index (χ3n) is 14.4. The van der Waals surface area contributed by atoms with Crippen LogP contribution in [0, 0.1) is 41.5 Å². The summed E-state index contributed by atoms with van der Waals surface area (Å²) in [4.78, 5) is 83.2. The Labute approximate surface area is 598 Å². The highest BCUT2D eigenvalue weighted by Crippen LogP contribution is 2.35. The van der Waals surface area contributed by atoms with E-state index in [4.69, 9.17) is 46.1 Å². The zero-order valence-electron chi connectivity index (χ0n) is 55.6. The van der Waals surface area contributed by atoms with Gasteiger partial charge in [0.15, 0.2) is 23.3 Å². The maximum Gasteiger partial charge on any atom is 0.416 e. The van der Waals surface area contributed by atoms with Crippen LogP contribution in [-0.2, 0) is 31.5 Å². The van der Waals surface area contributed by atoms with Crippen molar-refractivity contribution in [3.63, 3.8) is 0 Å². The van der Waals surface area contributed by atoms with E-state index >= 15 is 0 Å². The molecule has 0 spiro atoms. The fourth-order valence-corrected chi connectivity index (χ4v) is 10.3. The van der Waals surface area contributed by atoms with E-state index in [-0.39, 0.29) is 50.2 Å². The molecule has 12 aromatic rings. The van der Waals surface area contributed by atoms with E-state index < -0.39 is 47.1 Å². The molecule has 0 saturated carbocycles. The van der Waals surface area contributed by atoms with Crippen LogP contribution in [0.3, 0.4) is 0 Å². The van der Waals surface area contributed by atoms with E-state index in [1.807, 2.05) is 52.0 Å². The summed E-state index contributed by atoms with van der Waals surface area (Å²) >= 11 is 11.8. The smallest absolute Gasteiger partial charge is 0.366 e. The third kappa shape index (κ3) is 20.3. The van der Waals surface area contributed by atoms with E-state index in [0.29, 0.717) is 50.2 Å². The minimum absolute atomic E-state index is 0.0762. The molecule has 25 nitrogen and oxygen atoms in total. The first-order valence-corrected chi connectivity index (χ1v) is 31.2. The van der Waals surface area contributed by atoms with Crippen LogP contribution in [0.5, 0.6) is 0 Å². The van der Waals surface area contributed by atoms with E-state index in [2.05, 4.69) is 77.4 Å². The Morgan fingerprint density at radius 3 is 1.08 bits per heavy atom. The van der Waals surface area contributed by atoms with Crippen molar-refractivity contribution in [1.82, 2.24) is 84.0 Å². The molecule has 0 bridgehead atoms. The largest absolute Gasteiger partial charge is 0.416 e. The number of alkyl halides is 6. The number of pyridine rings is 3. The number of carbonyl (C=O) groups is 4. The molecule has 33 heteroatoms. The molecule has 0 saturated heterocycles. The number of amides is 4. The number of hydrogen-bond acceptors (Lipinski definition) is 17. The molecule has 8 N–H and O–H groups in total. The normalized spacial score (nSPS) is 11.9. The van der Waals surface area contributed by atoms with Gasteiger partial charge in [0, 0.05) is 106 Å². The number of rotatable bonds is 16. The number of benzene rings is 4. The van der Waals surface area contributed by atoms with Crippen LogP contribution in [0.4, 0.5) is 26.3 Å². The van der Waals surface area contributed by atoms with Crippen molar-refractivity contribution in [3.8, 4) is 45.6 Å². The molecule has 0 aliphatic heterocycles. The SMILES string of the molecule is Cc1cc(-c2ncn(/C=C(/C(N)=O)c3cccnc3)n2)cc(C(F)(F)F)c1.Cc1cc(-c2ncn(/C=C(/C(N)=O)c3cncnc3)n2)cc(C(F)(F)F)c1.Cc1cc(C)cc(-c2ncn(/C=C(/C(N)=O)c3ccc(Cl)nc3)n2)c1.Cc1cc(C)cc(-c2ncn(/C=C(/C(N)=O)c3cccnc3Cl)n2)c1. The second-order valence-electron chi connectivity index (χ2n) is 22.8. The van der Waals surface area contributed by atoms with Gasteiger partial charge in [0.25, 0.3) is 23.6 Å². The number of primary amides is 4. The summed E-state index contributed by atoms with van der Waals surface area (Å²) in [6, 6.07) is 29.2. The first-order chi connectivity index (χ1) is 49.3. The van der Waals surface area contributed by atoms with Crippen LogP contribution >= 0.6 is 23.2 Å². The zero-order chi connectivity index (χ0) is 75.2. The highest BCUT2D eigenvalue weighted by molar-refractivity contribution is 6.34. The van der Waals surface area contributed by atoms with E-state index in [1.54, 1.807) is 68.6 Å². The fraction of sp³-hybridized carbons (Fsp3) is 0.113. The number of aryl methyl sites for hydroxylation is 6. The lowest BCUT2D eigenvalue weighted by atomic mass is 10.1. The Morgan fingerprint density at radius 2 is 0.731 bits per heavy atom. The molecule has 8 heterocycles. The summed E-state index contributed by atoms with van der Waals surface area (Å²) in [6.45, 7) is 11.2. The molecule has 4 aromatic carbocycles. The van der Waals surface area contributed by atoms with Crippen molar-refractivity contribution in [1.29, 1.82) is 0 Å². The molecule has 104 heavy (non-hydrogen) atoms. The summed E-state index contributed by atoms with van der Waals surface area (Å²) in [7, 11) is 0. The van der Waals surface area contributed by atoms with Crippen molar-refractivity contribution in [2.75, 3.05) is 0 Å². The molecule has 4 amide bonds. The van der Waals surface area contributed by atoms with Gasteiger partial charge in [-0.05, 0) is 144 Å². The number of nitrogens with two attached hydrogens (primary N) is 4. The van der Waals surface area contributed by atoms with Crippen molar-refractivity contribution in [2.24, 2.45) is 22.9 Å². The van der Waals surface area contributed by atoms with E-state index in [0.717, 1.165) is 57.6 Å². The highest BCUT2D eigenvalue weighted by Gasteiger charge is 2.32. The van der Waals surface area contributed by atoms with Crippen LogP contribution < -0.4 is 22.9 Å². The molecular weight excluding hydrogens is 1400 g/mol. The second-order valence-corrected chi connectivity index (χ2v) is 23.6. The standard InChI is InChI=1S/2C18H16ClN5O.C18H14F3N5O.C17H13F3N6O/c1-11-5-12(2)7-14(6-11)18-22-10-24(23-18)9-15(17(20)25)13-3-4-16(19)21-8-13;1-11-6-12(2)8-13(7-11)18-22-10-24(23-18)9-15(17(20)25)14-4-3-5-21-16(14)19;1-11-5-13(7-14(6-11)18(19,20)21)17-24-10-26(25-17)9-15(16(22)27)12-3-2-4-23-8-12;1-10-2-11(4-13(3-10)17(18,19)20)16-24-9-26(25-16)7-14(15(21)27)12-5-22-8-23-6-12/h2*3-10H,1-2H3,(H2,20,25);2-10H,1H3,(H2,22,27);2-9H,1H3,(H2,21,27)/b3*15-9+;14-7+. The first kappa shape index (κ1) is 75.2. The summed E-state index contributed by atoms with van der Waals surface area (Å²) in [5.74, 6) is -1.35. The number of hydrogen-bond donors (Lipinski definition) is 4. The Bertz CT molecular complexity index is 5060. The molecule has 0 atom stereocenters. The molecule has 0 fully saturated rings. The molecule has 528 valence electrons. The van der Waals surface area contributed by atoms with Crippen LogP contribution in [0.25, 0.3) is 92.6 Å². The number of halogens is 8. The fourth-order valence-electron chi connectivity index (χ4n) is 9.96. The van der Waals surface area contributed by atoms with Gasteiger partial charge in [0.2, 0.25) is 0 Å². The van der Waals surface area contributed by atoms with Gasteiger partial charge >= 0.3 is 12.4 Å². The van der Waals surface area contributed by atoms with Crippen molar-refractivity contribution >= 4 is 93.9 Å². The lowest BCUT2D eigenvalue weighted by Gasteiger charge is -2.09. The topological polar surface area (TPSA) is 360 Å². The van der Waals surface area contributed by atoms with E-state index in [1.165, 1.54) is 106 Å². The van der Waals surface area contributed by atoms with Crippen LogP contribution in [0.15, 0.2) is 178 Å². The van der Waals surface area contributed by atoms with Crippen LogP contribution in [0.1, 0.15) is 66.8 Å². The second kappa shape index (κ2) is 33.0. The molecule has 0 unspecified atom stereocenters. The van der Waals surface area contributed by atoms with Gasteiger partial charge in [0.05, 0.1) is 33.4 Å². The van der Waals surface area contributed by atoms with Gasteiger partial charge < -0.3 is 22.9 Å². The highest BCUT2D eigenvalue weighted by atomic mass is 35.5. The molecular formula is C71H59Cl2F6N21O4. The van der Waals surface area contributed by atoms with Gasteiger partial charge in [-0.1, -0.05) is 63.7 Å². The summed E-state index contributed by atoms with van der Waals surface area (Å²) < 4.78 is 83.3. The van der Waals surface area contributed by atoms with Crippen LogP contribution in [-0.4, -0.2) is 108 Å². The average Bonchev–Trinajstić information content (AvgIpc) is 1.39. The van der Waals surface area contributed by atoms with Gasteiger partial charge in [-0.2, -0.15) is 26.3 Å². The monoisotopic (exact) mass is 1450 g/mol. The maximum absolute atomic E-state index is 13.0. The van der Waals surface area contributed by atoms with Crippen molar-refractivity contribution in [3.05, 3.63) is 255 Å². The molecule has 0 aliphatic carbocycles. The predicted octanol–water partition coefficient (Wildman–Crippen LogP) is 11.9. The minimum Gasteiger partial charge on any atom is -0.366 e. The van der Waals surface area contributed by atoms with Crippen LogP contribution in [0.2, 0.25) is 10.3 Å². The summed E-state index contributed by atoms with van der Waals surface area (Å²) in [6.07, 6.45) is 12.4. The number of aromatic nitrogens is 17. The Morgan fingerprint density at radius 1 is 0.385 bits per heavy atom. The predicted molar refractivity (Wildman–Crippen MR) is 378 cm³/mol. The maximum atomic E-state index is 13.0. The molecule has 0 aliphatic rings. The zero-order valence-corrected chi connectivity index (χ0v) is 57.1. The van der Waals surface area contributed by atoms with E-state index in [9.17, 15) is 45.5 Å². The van der Waals surface area contributed by atoms with Gasteiger partial charge in [-0.3, -0.25) is 24.2 Å². The number of nitrogens with zero attached hydrogens (tertiary/aromatic N) is 17. The first-order valence-electron chi connectivity index (χ1n) is 30.5. The quantitative estimate of drug-likeness (QED) is 0.0396. The van der Waals surface area contributed by atoms with Gasteiger partial charge in [-0.25, -0.2) is 58.6 Å². The Hall–Kier alpha value is -13.0. The average molecular weight is 1460 g/mol. The number of carbonyl (C=O) groups excluding carboxylic acids is 4. The van der Waals surface area contributed by atoms with Gasteiger partial charge in [-0.15, -0.1) is 20.4 Å². The van der Waals surface area contributed by atoms with Crippen molar-refractivity contribution in [2.45, 2.75) is 53.9 Å². The molecule has 0 radical (unpaired) electrons. The van der Waals surface area contributed by atoms with Crippen molar-refractivity contribution < 1.29 is 45.5 Å². The molecule has 8 aromatic heterocycles. The lowest BCUT2D eigenvalue weighted by molar-refractivity contribution is -0.138. The Kier molecular flexibility index (Phi) is 23.8.